The minimum atomic E-state index is -0.0732. The Labute approximate surface area is 149 Å². The molecule has 1 aliphatic rings. The van der Waals surface area contributed by atoms with Crippen molar-refractivity contribution in [3.63, 3.8) is 0 Å². The van der Waals surface area contributed by atoms with Gasteiger partial charge < -0.3 is 19.5 Å². The average Bonchev–Trinajstić information content (AvgIpc) is 2.97. The summed E-state index contributed by atoms with van der Waals surface area (Å²) in [6, 6.07) is 11.9. The van der Waals surface area contributed by atoms with Crippen molar-refractivity contribution >= 4 is 11.7 Å². The molecule has 5 heteroatoms. The van der Waals surface area contributed by atoms with E-state index in [4.69, 9.17) is 4.74 Å². The van der Waals surface area contributed by atoms with Crippen molar-refractivity contribution in [1.29, 1.82) is 0 Å². The summed E-state index contributed by atoms with van der Waals surface area (Å²) in [4.78, 5) is 15.0. The number of hydrogen-bond donors (Lipinski definition) is 1. The standard InChI is InChI=1S/C20H27N3O2/c1-5-25-18-9-7-6-8-16(18)21-20(24)23-13-12-22-15(4)10-11-17(22)19(23)14(2)3/h6-11,14,19H,5,12-13H2,1-4H3,(H,21,24)/t19-/m0/s1. The van der Waals surface area contributed by atoms with E-state index in [1.807, 2.05) is 36.1 Å². The van der Waals surface area contributed by atoms with E-state index >= 15 is 0 Å². The molecule has 1 atom stereocenters. The molecule has 2 heterocycles. The summed E-state index contributed by atoms with van der Waals surface area (Å²) in [6.45, 7) is 10.5. The van der Waals surface area contributed by atoms with E-state index in [0.717, 1.165) is 6.54 Å². The van der Waals surface area contributed by atoms with Gasteiger partial charge in [-0.25, -0.2) is 4.79 Å². The van der Waals surface area contributed by atoms with Gasteiger partial charge in [0.2, 0.25) is 0 Å². The van der Waals surface area contributed by atoms with E-state index in [0.29, 0.717) is 30.5 Å². The smallest absolute Gasteiger partial charge is 0.322 e. The Bertz CT molecular complexity index is 751. The fourth-order valence-corrected chi connectivity index (χ4v) is 3.63. The second-order valence-electron chi connectivity index (χ2n) is 6.79. The van der Waals surface area contributed by atoms with Gasteiger partial charge >= 0.3 is 6.03 Å². The van der Waals surface area contributed by atoms with Crippen LogP contribution in [0.5, 0.6) is 5.75 Å². The highest BCUT2D eigenvalue weighted by atomic mass is 16.5. The maximum Gasteiger partial charge on any atom is 0.322 e. The lowest BCUT2D eigenvalue weighted by Crippen LogP contribution is -2.46. The van der Waals surface area contributed by atoms with E-state index in [2.05, 4.69) is 42.8 Å². The van der Waals surface area contributed by atoms with Crippen molar-refractivity contribution in [3.05, 3.63) is 47.8 Å². The zero-order valence-electron chi connectivity index (χ0n) is 15.5. The zero-order valence-corrected chi connectivity index (χ0v) is 15.5. The first-order valence-electron chi connectivity index (χ1n) is 8.98. The summed E-state index contributed by atoms with van der Waals surface area (Å²) in [7, 11) is 0. The minimum absolute atomic E-state index is 0.0710. The van der Waals surface area contributed by atoms with Crippen LogP contribution in [0, 0.1) is 12.8 Å². The Balaban J connectivity index is 1.85. The number of anilines is 1. The highest BCUT2D eigenvalue weighted by Crippen LogP contribution is 2.34. The Morgan fingerprint density at radius 2 is 2.00 bits per heavy atom. The predicted octanol–water partition coefficient (Wildman–Crippen LogP) is 4.44. The summed E-state index contributed by atoms with van der Waals surface area (Å²) >= 11 is 0. The molecule has 2 amide bonds. The quantitative estimate of drug-likeness (QED) is 0.893. The van der Waals surface area contributed by atoms with Crippen LogP contribution in [-0.4, -0.2) is 28.6 Å². The van der Waals surface area contributed by atoms with E-state index in [1.54, 1.807) is 0 Å². The van der Waals surface area contributed by atoms with Gasteiger partial charge in [-0.1, -0.05) is 26.0 Å². The molecule has 0 spiro atoms. The second kappa shape index (κ2) is 7.21. The molecular formula is C20H27N3O2. The van der Waals surface area contributed by atoms with Crippen molar-refractivity contribution in [1.82, 2.24) is 9.47 Å². The van der Waals surface area contributed by atoms with Crippen LogP contribution in [0.25, 0.3) is 0 Å². The fraction of sp³-hybridized carbons (Fsp3) is 0.450. The predicted molar refractivity (Wildman–Crippen MR) is 100 cm³/mol. The van der Waals surface area contributed by atoms with Crippen LogP contribution >= 0.6 is 0 Å². The second-order valence-corrected chi connectivity index (χ2v) is 6.79. The number of carbonyl (C=O) groups is 1. The van der Waals surface area contributed by atoms with Gasteiger partial charge in [-0.2, -0.15) is 0 Å². The Kier molecular flexibility index (Phi) is 5.02. The summed E-state index contributed by atoms with van der Waals surface area (Å²) < 4.78 is 7.94. The average molecular weight is 341 g/mol. The summed E-state index contributed by atoms with van der Waals surface area (Å²) in [5.74, 6) is 1.04. The Morgan fingerprint density at radius 1 is 1.24 bits per heavy atom. The molecule has 2 aromatic rings. The molecular weight excluding hydrogens is 314 g/mol. The highest BCUT2D eigenvalue weighted by molar-refractivity contribution is 5.91. The van der Waals surface area contributed by atoms with Crippen LogP contribution in [0.1, 0.15) is 38.2 Å². The monoisotopic (exact) mass is 341 g/mol. The van der Waals surface area contributed by atoms with Gasteiger partial charge in [0.25, 0.3) is 0 Å². The fourth-order valence-electron chi connectivity index (χ4n) is 3.63. The molecule has 0 unspecified atom stereocenters. The molecule has 25 heavy (non-hydrogen) atoms. The normalized spacial score (nSPS) is 16.7. The number of aromatic nitrogens is 1. The lowest BCUT2D eigenvalue weighted by atomic mass is 9.97. The SMILES string of the molecule is CCOc1ccccc1NC(=O)N1CCn2c(C)ccc2[C@@H]1C(C)C. The van der Waals surface area contributed by atoms with Crippen LogP contribution in [0.15, 0.2) is 36.4 Å². The summed E-state index contributed by atoms with van der Waals surface area (Å²) in [6.07, 6.45) is 0. The maximum absolute atomic E-state index is 13.0. The molecule has 0 bridgehead atoms. The maximum atomic E-state index is 13.0. The lowest BCUT2D eigenvalue weighted by molar-refractivity contribution is 0.143. The molecule has 0 saturated heterocycles. The van der Waals surface area contributed by atoms with Gasteiger partial charge in [-0.3, -0.25) is 0 Å². The molecule has 5 nitrogen and oxygen atoms in total. The number of aryl methyl sites for hydroxylation is 1. The summed E-state index contributed by atoms with van der Waals surface area (Å²) in [5.41, 5.74) is 3.18. The van der Waals surface area contributed by atoms with Crippen LogP contribution in [-0.2, 0) is 6.54 Å². The first-order valence-corrected chi connectivity index (χ1v) is 8.98. The van der Waals surface area contributed by atoms with Crippen molar-refractivity contribution in [3.8, 4) is 5.75 Å². The van der Waals surface area contributed by atoms with E-state index in [-0.39, 0.29) is 12.1 Å². The van der Waals surface area contributed by atoms with Gasteiger partial charge in [-0.15, -0.1) is 0 Å². The molecule has 0 radical (unpaired) electrons. The number of fused-ring (bicyclic) bond motifs is 1. The van der Waals surface area contributed by atoms with Crippen LogP contribution < -0.4 is 10.1 Å². The molecule has 3 rings (SSSR count). The zero-order chi connectivity index (χ0) is 18.0. The Hall–Kier alpha value is -2.43. The summed E-state index contributed by atoms with van der Waals surface area (Å²) in [5, 5.41) is 3.04. The number of nitrogens with one attached hydrogen (secondary N) is 1. The Morgan fingerprint density at radius 3 is 2.72 bits per heavy atom. The molecule has 1 aromatic carbocycles. The molecule has 134 valence electrons. The third-order valence-electron chi connectivity index (χ3n) is 4.76. The van der Waals surface area contributed by atoms with Crippen LogP contribution in [0.2, 0.25) is 0 Å². The van der Waals surface area contributed by atoms with E-state index in [9.17, 15) is 4.79 Å². The number of ether oxygens (including phenoxy) is 1. The molecule has 0 fully saturated rings. The topological polar surface area (TPSA) is 46.5 Å². The van der Waals surface area contributed by atoms with Crippen LogP contribution in [0.3, 0.4) is 0 Å². The molecule has 0 saturated carbocycles. The number of urea groups is 1. The number of nitrogens with zero attached hydrogens (tertiary/aromatic N) is 2. The molecule has 1 aliphatic heterocycles. The minimum Gasteiger partial charge on any atom is -0.492 e. The van der Waals surface area contributed by atoms with Crippen molar-refractivity contribution in [2.45, 2.75) is 40.3 Å². The third kappa shape index (κ3) is 3.36. The number of carbonyl (C=O) groups excluding carboxylic acids is 1. The number of para-hydroxylation sites is 2. The number of hydrogen-bond acceptors (Lipinski definition) is 2. The number of amides is 2. The van der Waals surface area contributed by atoms with Gasteiger partial charge in [0.15, 0.2) is 0 Å². The first-order chi connectivity index (χ1) is 12.0. The highest BCUT2D eigenvalue weighted by Gasteiger charge is 2.33. The van der Waals surface area contributed by atoms with Crippen LogP contribution in [0.4, 0.5) is 10.5 Å². The van der Waals surface area contributed by atoms with Gasteiger partial charge in [0.05, 0.1) is 18.3 Å². The third-order valence-corrected chi connectivity index (χ3v) is 4.76. The first kappa shape index (κ1) is 17.4. The van der Waals surface area contributed by atoms with E-state index in [1.165, 1.54) is 11.4 Å². The van der Waals surface area contributed by atoms with Crippen molar-refractivity contribution < 1.29 is 9.53 Å². The molecule has 0 aliphatic carbocycles. The van der Waals surface area contributed by atoms with Crippen molar-refractivity contribution in [2.24, 2.45) is 5.92 Å². The van der Waals surface area contributed by atoms with Gasteiger partial charge in [0.1, 0.15) is 5.75 Å². The van der Waals surface area contributed by atoms with E-state index < -0.39 is 0 Å². The lowest BCUT2D eigenvalue weighted by Gasteiger charge is -2.39. The van der Waals surface area contributed by atoms with Gasteiger partial charge in [-0.05, 0) is 44.0 Å². The molecule has 1 N–H and O–H groups in total. The number of benzene rings is 1. The largest absolute Gasteiger partial charge is 0.492 e. The van der Waals surface area contributed by atoms with Crippen molar-refractivity contribution in [2.75, 3.05) is 18.5 Å². The molecule has 1 aromatic heterocycles. The number of rotatable bonds is 4. The van der Waals surface area contributed by atoms with Gasteiger partial charge in [0, 0.05) is 24.5 Å².